The van der Waals surface area contributed by atoms with E-state index < -0.39 is 6.10 Å². The summed E-state index contributed by atoms with van der Waals surface area (Å²) in [5, 5.41) is 3.93. The predicted molar refractivity (Wildman–Crippen MR) is 48.0 cm³/mol. The molecule has 0 aromatic heterocycles. The third kappa shape index (κ3) is 1.37. The van der Waals surface area contributed by atoms with E-state index in [0.717, 1.165) is 0 Å². The number of fused-ring (bicyclic) bond motifs is 1. The fraction of sp³-hybridized carbons (Fsp3) is 0.300. The van der Waals surface area contributed by atoms with Gasteiger partial charge in [0.15, 0.2) is 6.10 Å². The van der Waals surface area contributed by atoms with Crippen molar-refractivity contribution in [2.24, 2.45) is 0 Å². The Bertz CT molecular complexity index is 335. The maximum Gasteiger partial charge on any atom is 0.287 e. The van der Waals surface area contributed by atoms with E-state index in [1.54, 1.807) is 6.07 Å². The highest BCUT2D eigenvalue weighted by molar-refractivity contribution is 5.88. The summed E-state index contributed by atoms with van der Waals surface area (Å²) in [4.78, 5) is 11.3. The van der Waals surface area contributed by atoms with Gasteiger partial charge in [0.1, 0.15) is 11.4 Å². The van der Waals surface area contributed by atoms with Crippen LogP contribution in [-0.4, -0.2) is 12.0 Å². The van der Waals surface area contributed by atoms with Crippen LogP contribution in [0.3, 0.4) is 0 Å². The van der Waals surface area contributed by atoms with E-state index in [-0.39, 0.29) is 5.91 Å². The lowest BCUT2D eigenvalue weighted by atomic mass is 10.2. The highest BCUT2D eigenvalue weighted by Gasteiger charge is 2.26. The number of hydrogen-bond acceptors (Lipinski definition) is 2. The molecule has 1 radical (unpaired) electrons. The highest BCUT2D eigenvalue weighted by atomic mass is 16.5. The molecular weight excluding hydrogens is 166 g/mol. The smallest absolute Gasteiger partial charge is 0.287 e. The minimum Gasteiger partial charge on any atom is -0.478 e. The molecule has 0 saturated carbocycles. The highest BCUT2D eigenvalue weighted by Crippen LogP contribution is 2.29. The molecule has 0 N–H and O–H groups in total. The van der Waals surface area contributed by atoms with Gasteiger partial charge in [-0.05, 0) is 18.6 Å². The van der Waals surface area contributed by atoms with Gasteiger partial charge < -0.3 is 4.74 Å². The van der Waals surface area contributed by atoms with E-state index in [2.05, 4.69) is 5.32 Å². The van der Waals surface area contributed by atoms with Crippen molar-refractivity contribution in [1.82, 2.24) is 5.32 Å². The first-order chi connectivity index (χ1) is 6.31. The lowest BCUT2D eigenvalue weighted by Crippen LogP contribution is -2.35. The average Bonchev–Trinajstić information content (AvgIpc) is 2.17. The van der Waals surface area contributed by atoms with Crippen LogP contribution in [0.15, 0.2) is 24.3 Å². The minimum absolute atomic E-state index is 0.179. The monoisotopic (exact) mass is 176 g/mol. The van der Waals surface area contributed by atoms with Crippen molar-refractivity contribution < 1.29 is 9.53 Å². The van der Waals surface area contributed by atoms with Gasteiger partial charge in [-0.3, -0.25) is 4.79 Å². The van der Waals surface area contributed by atoms with Crippen molar-refractivity contribution in [1.29, 1.82) is 0 Å². The zero-order valence-electron chi connectivity index (χ0n) is 7.36. The predicted octanol–water partition coefficient (Wildman–Crippen LogP) is 1.62. The van der Waals surface area contributed by atoms with Gasteiger partial charge in [0.2, 0.25) is 0 Å². The van der Waals surface area contributed by atoms with Crippen LogP contribution in [0.5, 0.6) is 5.75 Å². The van der Waals surface area contributed by atoms with Gasteiger partial charge in [-0.1, -0.05) is 19.1 Å². The fourth-order valence-corrected chi connectivity index (χ4v) is 1.30. The second-order valence-corrected chi connectivity index (χ2v) is 2.93. The van der Waals surface area contributed by atoms with Gasteiger partial charge in [-0.2, -0.15) is 0 Å². The lowest BCUT2D eigenvalue weighted by Gasteiger charge is -2.22. The Morgan fingerprint density at radius 2 is 2.23 bits per heavy atom. The maximum atomic E-state index is 11.3. The zero-order valence-corrected chi connectivity index (χ0v) is 7.36. The molecule has 1 atom stereocenters. The Balaban J connectivity index is 2.33. The second kappa shape index (κ2) is 3.09. The van der Waals surface area contributed by atoms with Gasteiger partial charge in [-0.15, -0.1) is 0 Å². The summed E-state index contributed by atoms with van der Waals surface area (Å²) in [6, 6.07) is 7.31. The van der Waals surface area contributed by atoms with Crippen LogP contribution in [0.25, 0.3) is 0 Å². The summed E-state index contributed by atoms with van der Waals surface area (Å²) in [7, 11) is 0. The Morgan fingerprint density at radius 3 is 3.00 bits per heavy atom. The normalized spacial score (nSPS) is 20.1. The van der Waals surface area contributed by atoms with Crippen LogP contribution in [0.2, 0.25) is 0 Å². The molecule has 0 spiro atoms. The molecule has 0 saturated heterocycles. The topological polar surface area (TPSA) is 40.4 Å². The van der Waals surface area contributed by atoms with Gasteiger partial charge in [0.05, 0.1) is 0 Å². The largest absolute Gasteiger partial charge is 0.478 e. The summed E-state index contributed by atoms with van der Waals surface area (Å²) < 4.78 is 5.45. The molecule has 0 aliphatic carbocycles. The van der Waals surface area contributed by atoms with E-state index in [0.29, 0.717) is 17.9 Å². The molecule has 1 heterocycles. The second-order valence-electron chi connectivity index (χ2n) is 2.93. The molecule has 67 valence electrons. The van der Waals surface area contributed by atoms with Crippen LogP contribution in [0, 0.1) is 0 Å². The van der Waals surface area contributed by atoms with Gasteiger partial charge in [-0.25, -0.2) is 5.32 Å². The molecule has 3 nitrogen and oxygen atoms in total. The molecular formula is C10H10NO2. The molecule has 0 bridgehead atoms. The van der Waals surface area contributed by atoms with E-state index in [1.165, 1.54) is 0 Å². The molecule has 1 unspecified atom stereocenters. The van der Waals surface area contributed by atoms with Crippen LogP contribution in [0.4, 0.5) is 5.69 Å². The molecule has 0 fully saturated rings. The van der Waals surface area contributed by atoms with Crippen molar-refractivity contribution in [2.45, 2.75) is 19.4 Å². The number of amides is 1. The quantitative estimate of drug-likeness (QED) is 0.652. The Morgan fingerprint density at radius 1 is 1.46 bits per heavy atom. The summed E-state index contributed by atoms with van der Waals surface area (Å²) in [5.74, 6) is 0.523. The number of ether oxygens (including phenoxy) is 1. The van der Waals surface area contributed by atoms with Crippen LogP contribution in [0.1, 0.15) is 13.3 Å². The number of hydrogen-bond donors (Lipinski definition) is 0. The Kier molecular flexibility index (Phi) is 1.93. The van der Waals surface area contributed by atoms with Crippen molar-refractivity contribution in [2.75, 3.05) is 0 Å². The molecule has 1 aliphatic heterocycles. The van der Waals surface area contributed by atoms with Gasteiger partial charge in [0, 0.05) is 0 Å². The molecule has 1 aromatic rings. The summed E-state index contributed by atoms with van der Waals surface area (Å²) >= 11 is 0. The van der Waals surface area contributed by atoms with Gasteiger partial charge in [0.25, 0.3) is 5.91 Å². The fourth-order valence-electron chi connectivity index (χ4n) is 1.30. The van der Waals surface area contributed by atoms with Crippen molar-refractivity contribution in [3.8, 4) is 5.75 Å². The number of nitrogens with zero attached hydrogens (tertiary/aromatic N) is 1. The molecule has 2 rings (SSSR count). The molecule has 1 amide bonds. The summed E-state index contributed by atoms with van der Waals surface area (Å²) in [5.41, 5.74) is 0.636. The molecule has 13 heavy (non-hydrogen) atoms. The summed E-state index contributed by atoms with van der Waals surface area (Å²) in [6.45, 7) is 1.91. The minimum atomic E-state index is -0.394. The van der Waals surface area contributed by atoms with Crippen LogP contribution in [-0.2, 0) is 4.79 Å². The first kappa shape index (κ1) is 8.10. The standard InChI is InChI=1S/C10H10NO2/c1-2-8-10(12)11-7-5-3-4-6-9(7)13-8/h3-6,8H,2H2,1H3. The van der Waals surface area contributed by atoms with E-state index in [9.17, 15) is 4.79 Å². The third-order valence-corrected chi connectivity index (χ3v) is 2.01. The van der Waals surface area contributed by atoms with Gasteiger partial charge >= 0.3 is 0 Å². The number of para-hydroxylation sites is 2. The summed E-state index contributed by atoms with van der Waals surface area (Å²) in [6.07, 6.45) is 0.270. The number of carbonyl (C=O) groups is 1. The van der Waals surface area contributed by atoms with Crippen molar-refractivity contribution in [3.63, 3.8) is 0 Å². The Hall–Kier alpha value is -1.51. The molecule has 1 aliphatic rings. The van der Waals surface area contributed by atoms with E-state index >= 15 is 0 Å². The first-order valence-electron chi connectivity index (χ1n) is 4.32. The lowest BCUT2D eigenvalue weighted by molar-refractivity contribution is -0.128. The van der Waals surface area contributed by atoms with Crippen molar-refractivity contribution >= 4 is 11.6 Å². The Labute approximate surface area is 76.7 Å². The van der Waals surface area contributed by atoms with Crippen LogP contribution < -0.4 is 10.1 Å². The number of carbonyl (C=O) groups excluding carboxylic acids is 1. The number of rotatable bonds is 1. The molecule has 3 heteroatoms. The van der Waals surface area contributed by atoms with E-state index in [4.69, 9.17) is 4.74 Å². The number of benzene rings is 1. The van der Waals surface area contributed by atoms with Crippen molar-refractivity contribution in [3.05, 3.63) is 24.3 Å². The first-order valence-corrected chi connectivity index (χ1v) is 4.32. The average molecular weight is 176 g/mol. The third-order valence-electron chi connectivity index (χ3n) is 2.01. The van der Waals surface area contributed by atoms with E-state index in [1.807, 2.05) is 25.1 Å². The maximum absolute atomic E-state index is 11.3. The zero-order chi connectivity index (χ0) is 9.26. The SMILES string of the molecule is CCC1Oc2ccccc2[N]C1=O. The molecule has 1 aromatic carbocycles. The van der Waals surface area contributed by atoms with Crippen LogP contribution >= 0.6 is 0 Å².